The molecule has 0 aromatic carbocycles. The van der Waals surface area contributed by atoms with Crippen molar-refractivity contribution in [3.8, 4) is 0 Å². The Balaban J connectivity index is 0. The van der Waals surface area contributed by atoms with Crippen molar-refractivity contribution >= 4 is 11.9 Å². The molecular formula is C11H18NNaO3. The van der Waals surface area contributed by atoms with E-state index in [1.165, 1.54) is 11.9 Å². The van der Waals surface area contributed by atoms with Gasteiger partial charge in [-0.15, -0.1) is 0 Å². The molecule has 0 N–H and O–H groups in total. The third-order valence-corrected chi connectivity index (χ3v) is 1.94. The maximum Gasteiger partial charge on any atom is 1.00 e. The fraction of sp³-hybridized carbons (Fsp3) is 0.636. The summed E-state index contributed by atoms with van der Waals surface area (Å²) in [5.41, 5.74) is 0. The number of amides is 1. The van der Waals surface area contributed by atoms with E-state index < -0.39 is 5.97 Å². The summed E-state index contributed by atoms with van der Waals surface area (Å²) < 4.78 is 0. The zero-order valence-corrected chi connectivity index (χ0v) is 12.4. The van der Waals surface area contributed by atoms with Crippen LogP contribution in [0.15, 0.2) is 12.2 Å². The number of allylic oxidation sites excluding steroid dienone is 2. The second kappa shape index (κ2) is 11.2. The molecule has 0 atom stereocenters. The van der Waals surface area contributed by atoms with E-state index in [1.807, 2.05) is 12.2 Å². The summed E-state index contributed by atoms with van der Waals surface area (Å²) in [6.07, 6.45) is 7.11. The van der Waals surface area contributed by atoms with Gasteiger partial charge in [0.15, 0.2) is 0 Å². The summed E-state index contributed by atoms with van der Waals surface area (Å²) in [6, 6.07) is 0. The van der Waals surface area contributed by atoms with Crippen molar-refractivity contribution in [1.82, 2.24) is 4.90 Å². The fourth-order valence-corrected chi connectivity index (χ4v) is 1.08. The Bertz CT molecular complexity index is 241. The summed E-state index contributed by atoms with van der Waals surface area (Å²) in [4.78, 5) is 22.7. The van der Waals surface area contributed by atoms with E-state index >= 15 is 0 Å². The molecule has 5 heteroatoms. The number of hydrogen-bond acceptors (Lipinski definition) is 3. The number of carbonyl (C=O) groups excluding carboxylic acids is 2. The molecule has 0 spiro atoms. The standard InChI is InChI=1S/C11H19NO3.Na/c1-3-4-5-6-7-8-10(13)12(2)9-11(14)15;/h5-6H,3-4,7-9H2,1-2H3,(H,14,15);/q;+1/p-1/b6-5+;. The Hall–Kier alpha value is -0.320. The number of aliphatic carboxylic acids is 1. The number of carboxylic acids is 1. The van der Waals surface area contributed by atoms with Crippen molar-refractivity contribution in [1.29, 1.82) is 0 Å². The molecule has 0 fully saturated rings. The summed E-state index contributed by atoms with van der Waals surface area (Å²) in [5.74, 6) is -1.40. The van der Waals surface area contributed by atoms with Crippen LogP contribution in [-0.2, 0) is 9.59 Å². The largest absolute Gasteiger partial charge is 1.00 e. The molecule has 0 heterocycles. The summed E-state index contributed by atoms with van der Waals surface area (Å²) >= 11 is 0. The van der Waals surface area contributed by atoms with Crippen molar-refractivity contribution < 1.29 is 44.3 Å². The maximum absolute atomic E-state index is 11.3. The van der Waals surface area contributed by atoms with Crippen LogP contribution in [0.3, 0.4) is 0 Å². The quantitative estimate of drug-likeness (QED) is 0.357. The van der Waals surface area contributed by atoms with Crippen LogP contribution >= 0.6 is 0 Å². The van der Waals surface area contributed by atoms with Crippen LogP contribution in [0.2, 0.25) is 0 Å². The molecule has 0 aliphatic heterocycles. The third kappa shape index (κ3) is 10.2. The van der Waals surface area contributed by atoms with E-state index in [9.17, 15) is 14.7 Å². The van der Waals surface area contributed by atoms with Gasteiger partial charge in [0.2, 0.25) is 5.91 Å². The predicted molar refractivity (Wildman–Crippen MR) is 55.9 cm³/mol. The van der Waals surface area contributed by atoms with E-state index in [2.05, 4.69) is 6.92 Å². The molecule has 0 aromatic rings. The molecule has 0 rings (SSSR count). The molecule has 86 valence electrons. The van der Waals surface area contributed by atoms with E-state index in [0.29, 0.717) is 12.8 Å². The average Bonchev–Trinajstić information content (AvgIpc) is 2.16. The Kier molecular flexibility index (Phi) is 12.6. The van der Waals surface area contributed by atoms with E-state index in [4.69, 9.17) is 0 Å². The van der Waals surface area contributed by atoms with Gasteiger partial charge in [0.1, 0.15) is 0 Å². The van der Waals surface area contributed by atoms with Gasteiger partial charge in [-0.1, -0.05) is 25.5 Å². The first-order chi connectivity index (χ1) is 7.07. The number of likely N-dealkylation sites (N-methyl/N-ethyl adjacent to an activating group) is 1. The van der Waals surface area contributed by atoms with Gasteiger partial charge in [0, 0.05) is 13.5 Å². The zero-order valence-electron chi connectivity index (χ0n) is 10.4. The number of hydrogen-bond donors (Lipinski definition) is 0. The van der Waals surface area contributed by atoms with E-state index in [-0.39, 0.29) is 42.0 Å². The van der Waals surface area contributed by atoms with Crippen molar-refractivity contribution in [2.45, 2.75) is 32.6 Å². The minimum atomic E-state index is -1.23. The normalized spacial score (nSPS) is 9.88. The molecule has 0 aliphatic carbocycles. The Morgan fingerprint density at radius 1 is 1.25 bits per heavy atom. The fourth-order valence-electron chi connectivity index (χ4n) is 1.08. The number of rotatable bonds is 7. The van der Waals surface area contributed by atoms with Crippen molar-refractivity contribution in [3.05, 3.63) is 12.2 Å². The molecule has 0 aromatic heterocycles. The summed E-state index contributed by atoms with van der Waals surface area (Å²) in [5, 5.41) is 10.2. The molecule has 1 amide bonds. The predicted octanol–water partition coefficient (Wildman–Crippen LogP) is -2.66. The van der Waals surface area contributed by atoms with Gasteiger partial charge >= 0.3 is 29.6 Å². The van der Waals surface area contributed by atoms with E-state index in [1.54, 1.807) is 0 Å². The van der Waals surface area contributed by atoms with Gasteiger partial charge in [-0.25, -0.2) is 0 Å². The van der Waals surface area contributed by atoms with Crippen molar-refractivity contribution in [2.75, 3.05) is 13.6 Å². The van der Waals surface area contributed by atoms with Crippen LogP contribution in [0.5, 0.6) is 0 Å². The Morgan fingerprint density at radius 2 is 1.81 bits per heavy atom. The topological polar surface area (TPSA) is 60.4 Å². The molecule has 0 radical (unpaired) electrons. The molecule has 0 aliphatic rings. The molecule has 0 unspecified atom stereocenters. The van der Waals surface area contributed by atoms with Crippen LogP contribution in [0.1, 0.15) is 32.6 Å². The van der Waals surface area contributed by atoms with Crippen LogP contribution in [0, 0.1) is 0 Å². The van der Waals surface area contributed by atoms with Crippen molar-refractivity contribution in [3.63, 3.8) is 0 Å². The van der Waals surface area contributed by atoms with Crippen LogP contribution in [-0.4, -0.2) is 30.4 Å². The number of carboxylic acid groups (broad SMARTS) is 1. The van der Waals surface area contributed by atoms with Gasteiger partial charge in [-0.3, -0.25) is 4.79 Å². The monoisotopic (exact) mass is 235 g/mol. The average molecular weight is 235 g/mol. The minimum absolute atomic E-state index is 0. The number of carbonyl (C=O) groups is 2. The molecule has 4 nitrogen and oxygen atoms in total. The van der Waals surface area contributed by atoms with Gasteiger partial charge in [0.05, 0.1) is 12.5 Å². The molecular weight excluding hydrogens is 217 g/mol. The van der Waals surface area contributed by atoms with Gasteiger partial charge in [-0.2, -0.15) is 0 Å². The number of nitrogens with zero attached hydrogens (tertiary/aromatic N) is 1. The first-order valence-electron chi connectivity index (χ1n) is 5.16. The van der Waals surface area contributed by atoms with E-state index in [0.717, 1.165) is 12.8 Å². The summed E-state index contributed by atoms with van der Waals surface area (Å²) in [7, 11) is 1.47. The molecule has 0 saturated carbocycles. The van der Waals surface area contributed by atoms with Gasteiger partial charge in [-0.05, 0) is 12.8 Å². The Morgan fingerprint density at radius 3 is 2.31 bits per heavy atom. The molecule has 0 bridgehead atoms. The SMILES string of the molecule is CCC/C=C/CCC(=O)N(C)CC(=O)[O-].[Na+]. The minimum Gasteiger partial charge on any atom is -0.548 e. The Labute approximate surface area is 119 Å². The molecule has 16 heavy (non-hydrogen) atoms. The van der Waals surface area contributed by atoms with Crippen molar-refractivity contribution in [2.24, 2.45) is 0 Å². The van der Waals surface area contributed by atoms with Crippen LogP contribution in [0.4, 0.5) is 0 Å². The molecule has 0 saturated heterocycles. The van der Waals surface area contributed by atoms with Gasteiger partial charge < -0.3 is 14.8 Å². The summed E-state index contributed by atoms with van der Waals surface area (Å²) in [6.45, 7) is 1.75. The third-order valence-electron chi connectivity index (χ3n) is 1.94. The smallest absolute Gasteiger partial charge is 0.548 e. The second-order valence-corrected chi connectivity index (χ2v) is 3.42. The van der Waals surface area contributed by atoms with Gasteiger partial charge in [0.25, 0.3) is 0 Å². The maximum atomic E-state index is 11.3. The zero-order chi connectivity index (χ0) is 11.7. The number of unbranched alkanes of at least 4 members (excludes halogenated alkanes) is 1. The first kappa shape index (κ1) is 18.1. The second-order valence-electron chi connectivity index (χ2n) is 3.42. The first-order valence-corrected chi connectivity index (χ1v) is 5.16. The van der Waals surface area contributed by atoms with Crippen LogP contribution < -0.4 is 34.7 Å². The van der Waals surface area contributed by atoms with Crippen LogP contribution in [0.25, 0.3) is 0 Å².